The van der Waals surface area contributed by atoms with Crippen LogP contribution in [0.5, 0.6) is 0 Å². The van der Waals surface area contributed by atoms with E-state index in [1.807, 2.05) is 6.07 Å². The summed E-state index contributed by atoms with van der Waals surface area (Å²) in [5.41, 5.74) is 1.32. The molecule has 0 aliphatic heterocycles. The summed E-state index contributed by atoms with van der Waals surface area (Å²) in [7, 11) is 0. The first-order valence-corrected chi connectivity index (χ1v) is 5.87. The fourth-order valence-corrected chi connectivity index (χ4v) is 1.33. The number of aliphatic hydroxyl groups excluding tert-OH is 1. The van der Waals surface area contributed by atoms with Gasteiger partial charge in [-0.2, -0.15) is 0 Å². The lowest BCUT2D eigenvalue weighted by molar-refractivity contribution is -0.160. The van der Waals surface area contributed by atoms with E-state index in [-0.39, 0.29) is 0 Å². The van der Waals surface area contributed by atoms with E-state index in [2.05, 4.69) is 43.0 Å². The summed E-state index contributed by atoms with van der Waals surface area (Å²) >= 11 is 0. The van der Waals surface area contributed by atoms with Crippen LogP contribution in [0.3, 0.4) is 0 Å². The molecule has 6 heteroatoms. The van der Waals surface area contributed by atoms with Crippen molar-refractivity contribution in [2.75, 3.05) is 18.0 Å². The summed E-state index contributed by atoms with van der Waals surface area (Å²) in [4.78, 5) is 21.4. The number of rotatable bonds is 5. The SMILES string of the molecule is CCN(CC)c1ccccc1.O=C(O)C(O)C(=O)O. The zero-order valence-electron chi connectivity index (χ0n) is 11.0. The number of carboxylic acid groups (broad SMARTS) is 2. The maximum atomic E-state index is 9.51. The highest BCUT2D eigenvalue weighted by atomic mass is 16.4. The van der Waals surface area contributed by atoms with Gasteiger partial charge in [0.15, 0.2) is 0 Å². The van der Waals surface area contributed by atoms with Gasteiger partial charge in [-0.05, 0) is 26.0 Å². The Morgan fingerprint density at radius 2 is 1.47 bits per heavy atom. The van der Waals surface area contributed by atoms with E-state index >= 15 is 0 Å². The molecule has 0 heterocycles. The van der Waals surface area contributed by atoms with Crippen LogP contribution in [0, 0.1) is 0 Å². The molecule has 1 aromatic carbocycles. The topological polar surface area (TPSA) is 98.1 Å². The molecule has 0 aliphatic carbocycles. The first-order chi connectivity index (χ1) is 8.93. The van der Waals surface area contributed by atoms with E-state index in [1.54, 1.807) is 0 Å². The molecule has 0 amide bonds. The number of nitrogens with zero attached hydrogens (tertiary/aromatic N) is 1. The van der Waals surface area contributed by atoms with Crippen molar-refractivity contribution in [2.45, 2.75) is 20.0 Å². The molecule has 6 nitrogen and oxygen atoms in total. The Bertz CT molecular complexity index is 375. The molecule has 106 valence electrons. The molecule has 0 saturated heterocycles. The van der Waals surface area contributed by atoms with Gasteiger partial charge in [0, 0.05) is 18.8 Å². The van der Waals surface area contributed by atoms with Crippen molar-refractivity contribution in [3.05, 3.63) is 30.3 Å². The molecule has 0 aliphatic rings. The maximum Gasteiger partial charge on any atom is 0.344 e. The smallest absolute Gasteiger partial charge is 0.344 e. The number of aliphatic hydroxyl groups is 1. The molecule has 1 aromatic rings. The van der Waals surface area contributed by atoms with Crippen LogP contribution < -0.4 is 4.90 Å². The Morgan fingerprint density at radius 1 is 1.05 bits per heavy atom. The Kier molecular flexibility index (Phi) is 7.95. The van der Waals surface area contributed by atoms with Crippen LogP contribution in [0.15, 0.2) is 30.3 Å². The molecule has 1 rings (SSSR count). The summed E-state index contributed by atoms with van der Waals surface area (Å²) in [5.74, 6) is -3.50. The first kappa shape index (κ1) is 16.9. The third-order valence-corrected chi connectivity index (χ3v) is 2.35. The van der Waals surface area contributed by atoms with Gasteiger partial charge in [0.25, 0.3) is 0 Å². The number of benzene rings is 1. The number of aliphatic carboxylic acids is 2. The average Bonchev–Trinajstić information content (AvgIpc) is 2.41. The van der Waals surface area contributed by atoms with Crippen LogP contribution >= 0.6 is 0 Å². The third kappa shape index (κ3) is 6.42. The minimum absolute atomic E-state index is 1.08. The molecule has 3 N–H and O–H groups in total. The van der Waals surface area contributed by atoms with Crippen molar-refractivity contribution in [1.82, 2.24) is 0 Å². The third-order valence-electron chi connectivity index (χ3n) is 2.35. The molecule has 0 aromatic heterocycles. The van der Waals surface area contributed by atoms with Gasteiger partial charge >= 0.3 is 11.9 Å². The standard InChI is InChI=1S/C10H15N.C3H4O5/c1-3-11(4-2)10-8-6-5-7-9-10;4-1(2(5)6)3(7)8/h5-9H,3-4H2,1-2H3;1,4H,(H,5,6)(H,7,8). The summed E-state index contributed by atoms with van der Waals surface area (Å²) in [6.07, 6.45) is -2.30. The number of hydrogen-bond donors (Lipinski definition) is 3. The predicted molar refractivity (Wildman–Crippen MR) is 71.3 cm³/mol. The van der Waals surface area contributed by atoms with Crippen LogP contribution in [-0.4, -0.2) is 46.5 Å². The van der Waals surface area contributed by atoms with Gasteiger partial charge < -0.3 is 20.2 Å². The number of anilines is 1. The van der Waals surface area contributed by atoms with E-state index in [9.17, 15) is 9.59 Å². The largest absolute Gasteiger partial charge is 0.479 e. The molecular formula is C13H19NO5. The first-order valence-electron chi connectivity index (χ1n) is 5.87. The normalized spacial score (nSPS) is 9.47. The van der Waals surface area contributed by atoms with Gasteiger partial charge in [0.05, 0.1) is 0 Å². The lowest BCUT2D eigenvalue weighted by Crippen LogP contribution is -2.28. The van der Waals surface area contributed by atoms with Crippen molar-refractivity contribution in [2.24, 2.45) is 0 Å². The quantitative estimate of drug-likeness (QED) is 0.691. The van der Waals surface area contributed by atoms with E-state index in [1.165, 1.54) is 5.69 Å². The van der Waals surface area contributed by atoms with Gasteiger partial charge in [-0.1, -0.05) is 18.2 Å². The van der Waals surface area contributed by atoms with Crippen LogP contribution in [0.2, 0.25) is 0 Å². The number of carbonyl (C=O) groups is 2. The van der Waals surface area contributed by atoms with E-state index in [0.717, 1.165) is 13.1 Å². The highest BCUT2D eigenvalue weighted by Crippen LogP contribution is 2.11. The molecule has 0 spiro atoms. The Morgan fingerprint density at radius 3 is 1.74 bits per heavy atom. The molecule has 0 unspecified atom stereocenters. The van der Waals surface area contributed by atoms with Crippen molar-refractivity contribution in [3.8, 4) is 0 Å². The zero-order valence-corrected chi connectivity index (χ0v) is 11.0. The molecule has 0 fully saturated rings. The minimum Gasteiger partial charge on any atom is -0.479 e. The van der Waals surface area contributed by atoms with Gasteiger partial charge in [-0.25, -0.2) is 9.59 Å². The minimum atomic E-state index is -2.30. The summed E-state index contributed by atoms with van der Waals surface area (Å²) in [5, 5.41) is 23.4. The maximum absolute atomic E-state index is 9.51. The van der Waals surface area contributed by atoms with Gasteiger partial charge in [-0.3, -0.25) is 0 Å². The van der Waals surface area contributed by atoms with E-state index in [0.29, 0.717) is 0 Å². The van der Waals surface area contributed by atoms with Crippen LogP contribution in [0.25, 0.3) is 0 Å². The number of hydrogen-bond acceptors (Lipinski definition) is 4. The molecule has 19 heavy (non-hydrogen) atoms. The molecule has 0 atom stereocenters. The lowest BCUT2D eigenvalue weighted by atomic mass is 10.3. The zero-order chi connectivity index (χ0) is 14.8. The van der Waals surface area contributed by atoms with Crippen LogP contribution in [-0.2, 0) is 9.59 Å². The molecule has 0 radical (unpaired) electrons. The van der Waals surface area contributed by atoms with Crippen molar-refractivity contribution in [3.63, 3.8) is 0 Å². The van der Waals surface area contributed by atoms with Crippen molar-refractivity contribution < 1.29 is 24.9 Å². The number of para-hydroxylation sites is 1. The predicted octanol–water partition coefficient (Wildman–Crippen LogP) is 1.05. The summed E-state index contributed by atoms with van der Waals surface area (Å²) in [6.45, 7) is 6.52. The second kappa shape index (κ2) is 8.93. The van der Waals surface area contributed by atoms with Crippen molar-refractivity contribution >= 4 is 17.6 Å². The Balaban J connectivity index is 0.000000362. The second-order valence-corrected chi connectivity index (χ2v) is 3.59. The molecule has 0 saturated carbocycles. The highest BCUT2D eigenvalue weighted by molar-refractivity contribution is 5.95. The molecule has 0 bridgehead atoms. The summed E-state index contributed by atoms with van der Waals surface area (Å²) < 4.78 is 0. The molecular weight excluding hydrogens is 250 g/mol. The summed E-state index contributed by atoms with van der Waals surface area (Å²) in [6, 6.07) is 10.5. The monoisotopic (exact) mass is 269 g/mol. The Hall–Kier alpha value is -2.08. The van der Waals surface area contributed by atoms with Gasteiger partial charge in [0.1, 0.15) is 0 Å². The Labute approximate surface area is 111 Å². The fourth-order valence-electron chi connectivity index (χ4n) is 1.33. The number of carboxylic acids is 2. The van der Waals surface area contributed by atoms with Crippen LogP contribution in [0.4, 0.5) is 5.69 Å². The van der Waals surface area contributed by atoms with Crippen LogP contribution in [0.1, 0.15) is 13.8 Å². The highest BCUT2D eigenvalue weighted by Gasteiger charge is 2.20. The van der Waals surface area contributed by atoms with Gasteiger partial charge in [-0.15, -0.1) is 0 Å². The second-order valence-electron chi connectivity index (χ2n) is 3.59. The van der Waals surface area contributed by atoms with Gasteiger partial charge in [0.2, 0.25) is 6.10 Å². The van der Waals surface area contributed by atoms with E-state index < -0.39 is 18.0 Å². The fraction of sp³-hybridized carbons (Fsp3) is 0.385. The average molecular weight is 269 g/mol. The lowest BCUT2D eigenvalue weighted by Gasteiger charge is -2.20. The van der Waals surface area contributed by atoms with E-state index in [4.69, 9.17) is 15.3 Å². The van der Waals surface area contributed by atoms with Crippen molar-refractivity contribution in [1.29, 1.82) is 0 Å².